The van der Waals surface area contributed by atoms with Gasteiger partial charge in [0.05, 0.1) is 156 Å². The van der Waals surface area contributed by atoms with Crippen molar-refractivity contribution in [3.63, 3.8) is 0 Å². The second-order valence-corrected chi connectivity index (χ2v) is 17.2. The van der Waals surface area contributed by atoms with E-state index in [1.807, 2.05) is 19.9 Å². The third-order valence-electron chi connectivity index (χ3n) is 10.4. The first-order chi connectivity index (χ1) is 35.1. The van der Waals surface area contributed by atoms with Crippen LogP contribution in [0.25, 0.3) is 6.08 Å². The molecular weight excluding hydrogens is 979 g/mol. The number of piperazine rings is 1. The first-order valence-corrected chi connectivity index (χ1v) is 25.3. The lowest BCUT2D eigenvalue weighted by molar-refractivity contribution is -0.180. The number of amides is 1. The second-order valence-electron chi connectivity index (χ2n) is 16.0. The lowest BCUT2D eigenvalue weighted by Crippen LogP contribution is -2.46. The number of hydroxylamine groups is 2. The van der Waals surface area contributed by atoms with Crippen LogP contribution in [0.5, 0.6) is 5.75 Å². The van der Waals surface area contributed by atoms with Gasteiger partial charge in [-0.25, -0.2) is 18.8 Å². The Morgan fingerprint density at radius 1 is 0.639 bits per heavy atom. The van der Waals surface area contributed by atoms with Crippen molar-refractivity contribution in [2.45, 2.75) is 39.7 Å². The number of esters is 1. The topological polar surface area (TPSA) is 193 Å². The van der Waals surface area contributed by atoms with Crippen LogP contribution in [0.4, 0.5) is 23.2 Å². The van der Waals surface area contributed by atoms with E-state index in [1.165, 1.54) is 9.94 Å². The van der Waals surface area contributed by atoms with Crippen molar-refractivity contribution in [3.8, 4) is 5.75 Å². The molecule has 0 aliphatic carbocycles. The van der Waals surface area contributed by atoms with Gasteiger partial charge in [0.1, 0.15) is 5.84 Å². The second kappa shape index (κ2) is 37.1. The molecule has 0 radical (unpaired) electrons. The van der Waals surface area contributed by atoms with Crippen molar-refractivity contribution >= 4 is 40.8 Å². The molecule has 1 amide bonds. The number of ether oxygens (including phenoxy) is 11. The number of halogens is 4. The highest BCUT2D eigenvalue weighted by molar-refractivity contribution is 7.13. The average molecular weight is 1050 g/mol. The molecular formula is C48H73F4N5O14S. The molecule has 2 N–H and O–H groups in total. The van der Waals surface area contributed by atoms with Gasteiger partial charge in [-0.15, -0.1) is 11.3 Å². The number of nitrogens with zero attached hydrogens (tertiary/aromatic N) is 4. The molecule has 3 heterocycles. The molecule has 1 saturated heterocycles. The summed E-state index contributed by atoms with van der Waals surface area (Å²) >= 11 is 1.66. The highest BCUT2D eigenvalue weighted by Crippen LogP contribution is 2.35. The van der Waals surface area contributed by atoms with E-state index < -0.39 is 41.4 Å². The SMILES string of the molecule is CCCN(OCC)C(=O)C1=Cc2sc(CN3CCN(CCOCCOCCOCCOCCOCCOCCOCCOCCOCCOCCC(=O)Oc4c(F)c(F)cc(F)c4F)CC3)cc2N=C(N)C1. The minimum atomic E-state index is -1.80. The molecule has 0 saturated carbocycles. The van der Waals surface area contributed by atoms with Crippen LogP contribution < -0.4 is 10.5 Å². The van der Waals surface area contributed by atoms with E-state index in [4.69, 9.17) is 57.9 Å². The quantitative estimate of drug-likeness (QED) is 0.0243. The molecule has 19 nitrogen and oxygen atoms in total. The van der Waals surface area contributed by atoms with E-state index >= 15 is 0 Å². The molecule has 4 rings (SSSR count). The molecule has 0 spiro atoms. The predicted molar refractivity (Wildman–Crippen MR) is 258 cm³/mol. The van der Waals surface area contributed by atoms with Gasteiger partial charge in [0.2, 0.25) is 17.4 Å². The van der Waals surface area contributed by atoms with E-state index in [-0.39, 0.29) is 31.8 Å². The summed E-state index contributed by atoms with van der Waals surface area (Å²) in [7, 11) is 0. The molecule has 2 aliphatic heterocycles. The molecule has 2 aliphatic rings. The zero-order valence-electron chi connectivity index (χ0n) is 41.7. The van der Waals surface area contributed by atoms with E-state index in [1.54, 1.807) is 11.3 Å². The Morgan fingerprint density at radius 3 is 1.54 bits per heavy atom. The predicted octanol–water partition coefficient (Wildman–Crippen LogP) is 4.55. The Kier molecular flexibility index (Phi) is 31.3. The fraction of sp³-hybridized carbons (Fsp3) is 0.688. The lowest BCUT2D eigenvalue weighted by Gasteiger charge is -2.34. The normalized spacial score (nSPS) is 14.3. The fourth-order valence-electron chi connectivity index (χ4n) is 6.82. The molecule has 1 fully saturated rings. The minimum Gasteiger partial charge on any atom is -0.420 e. The summed E-state index contributed by atoms with van der Waals surface area (Å²) in [5, 5.41) is 1.43. The van der Waals surface area contributed by atoms with Crippen molar-refractivity contribution in [2.75, 3.05) is 178 Å². The number of hydrogen-bond acceptors (Lipinski definition) is 19. The van der Waals surface area contributed by atoms with Gasteiger partial charge in [-0.3, -0.25) is 24.2 Å². The Bertz CT molecular complexity index is 1880. The average Bonchev–Trinajstić information content (AvgIpc) is 3.65. The lowest BCUT2D eigenvalue weighted by atomic mass is 10.1. The van der Waals surface area contributed by atoms with E-state index in [0.717, 1.165) is 56.3 Å². The van der Waals surface area contributed by atoms with Crippen molar-refractivity contribution in [2.24, 2.45) is 10.7 Å². The highest BCUT2D eigenvalue weighted by Gasteiger charge is 2.25. The van der Waals surface area contributed by atoms with Crippen LogP contribution in [-0.4, -0.2) is 211 Å². The van der Waals surface area contributed by atoms with E-state index in [9.17, 15) is 27.2 Å². The zero-order valence-corrected chi connectivity index (χ0v) is 42.5. The Morgan fingerprint density at radius 2 is 1.08 bits per heavy atom. The summed E-state index contributed by atoms with van der Waals surface area (Å²) in [4.78, 5) is 42.2. The number of benzene rings is 1. The van der Waals surface area contributed by atoms with Gasteiger partial charge in [0, 0.05) is 68.8 Å². The van der Waals surface area contributed by atoms with E-state index in [2.05, 4.69) is 25.6 Å². The number of hydrogen-bond donors (Lipinski definition) is 1. The third kappa shape index (κ3) is 24.5. The van der Waals surface area contributed by atoms with E-state index in [0.29, 0.717) is 143 Å². The molecule has 0 unspecified atom stereocenters. The van der Waals surface area contributed by atoms with Gasteiger partial charge < -0.3 is 57.8 Å². The number of rotatable bonds is 41. The summed E-state index contributed by atoms with van der Waals surface area (Å²) in [5.41, 5.74) is 7.64. The van der Waals surface area contributed by atoms with Crippen molar-refractivity contribution in [3.05, 3.63) is 50.7 Å². The zero-order chi connectivity index (χ0) is 51.6. The maximum absolute atomic E-state index is 13.6. The summed E-state index contributed by atoms with van der Waals surface area (Å²) in [6.07, 6.45) is 2.62. The van der Waals surface area contributed by atoms with Gasteiger partial charge in [0.15, 0.2) is 11.6 Å². The van der Waals surface area contributed by atoms with Crippen LogP contribution in [0.2, 0.25) is 0 Å². The summed E-state index contributed by atoms with van der Waals surface area (Å²) in [5.74, 6) is -9.23. The van der Waals surface area contributed by atoms with Gasteiger partial charge in [-0.1, -0.05) is 6.92 Å². The third-order valence-corrected chi connectivity index (χ3v) is 11.5. The number of carbonyl (C=O) groups is 2. The Balaban J connectivity index is 0.828. The standard InChI is InChI=1S/C48H73F4N5O14S/c1-3-6-57(70-4-2)48(59)37-32-42-41(54-43(53)33-37)34-38(72-42)36-56-9-7-55(8-10-56)11-13-61-15-17-63-19-21-65-23-25-67-27-29-69-31-30-68-28-26-66-24-22-64-20-18-62-16-14-60-12-5-44(58)71-47-45(51)39(49)35-40(50)46(47)52/h32,34-35H,3-31,33,36H2,1-2H3,(H2,53,54). The summed E-state index contributed by atoms with van der Waals surface area (Å²) in [6, 6.07) is 2.11. The molecule has 2 aromatic rings. The number of fused-ring (bicyclic) bond motifs is 1. The minimum absolute atomic E-state index is 0.0186. The Hall–Kier alpha value is -3.73. The van der Waals surface area contributed by atoms with Gasteiger partial charge in [0.25, 0.3) is 5.91 Å². The smallest absolute Gasteiger partial charge is 0.313 e. The maximum Gasteiger partial charge on any atom is 0.313 e. The molecule has 24 heteroatoms. The molecule has 1 aromatic heterocycles. The van der Waals surface area contributed by atoms with Crippen LogP contribution in [0, 0.1) is 23.3 Å². The van der Waals surface area contributed by atoms with Crippen molar-refractivity contribution in [1.29, 1.82) is 0 Å². The molecule has 72 heavy (non-hydrogen) atoms. The molecule has 1 aromatic carbocycles. The van der Waals surface area contributed by atoms with Crippen LogP contribution in [0.1, 0.15) is 42.9 Å². The largest absolute Gasteiger partial charge is 0.420 e. The number of nitrogens with two attached hydrogens (primary N) is 1. The van der Waals surface area contributed by atoms with Gasteiger partial charge in [-0.2, -0.15) is 8.78 Å². The fourth-order valence-corrected chi connectivity index (χ4v) is 7.93. The molecule has 0 bridgehead atoms. The monoisotopic (exact) mass is 1050 g/mol. The number of thiophene rings is 1. The molecule has 408 valence electrons. The Labute approximate surface area is 423 Å². The van der Waals surface area contributed by atoms with Crippen molar-refractivity contribution < 1.29 is 84.1 Å². The van der Waals surface area contributed by atoms with Crippen LogP contribution in [-0.2, 0) is 68.3 Å². The van der Waals surface area contributed by atoms with Gasteiger partial charge >= 0.3 is 5.97 Å². The van der Waals surface area contributed by atoms with Crippen molar-refractivity contribution in [1.82, 2.24) is 14.9 Å². The first-order valence-electron chi connectivity index (χ1n) is 24.5. The highest BCUT2D eigenvalue weighted by atomic mass is 32.1. The van der Waals surface area contributed by atoms with Gasteiger partial charge in [-0.05, 0) is 25.5 Å². The number of aliphatic imine (C=N–C) groups is 1. The number of amidine groups is 1. The number of carbonyl (C=O) groups excluding carboxylic acids is 2. The molecule has 0 atom stereocenters. The summed E-state index contributed by atoms with van der Waals surface area (Å²) < 4.78 is 113. The van der Waals surface area contributed by atoms with Crippen LogP contribution in [0.3, 0.4) is 0 Å². The summed E-state index contributed by atoms with van der Waals surface area (Å²) in [6.45, 7) is 18.1. The maximum atomic E-state index is 13.6. The first kappa shape index (κ1) is 60.8. The van der Waals surface area contributed by atoms with Crippen LogP contribution >= 0.6 is 11.3 Å². The van der Waals surface area contributed by atoms with Crippen LogP contribution in [0.15, 0.2) is 22.7 Å².